The number of aliphatic hydroxyl groups excluding tert-OH is 1. The van der Waals surface area contributed by atoms with Crippen molar-refractivity contribution in [2.45, 2.75) is 103 Å². The van der Waals surface area contributed by atoms with Crippen molar-refractivity contribution < 1.29 is 19.4 Å². The van der Waals surface area contributed by atoms with Gasteiger partial charge in [0.1, 0.15) is 24.2 Å². The van der Waals surface area contributed by atoms with E-state index in [1.54, 1.807) is 31.4 Å². The van der Waals surface area contributed by atoms with Crippen LogP contribution in [0.3, 0.4) is 0 Å². The second-order valence-corrected chi connectivity index (χ2v) is 8.44. The molecule has 0 aliphatic heterocycles. The molecule has 0 spiro atoms. The number of carbonyl (C=O) groups excluding carboxylic acids is 1. The number of aliphatic hydroxyl groups is 1. The number of unbranched alkanes of at least 4 members (excludes halogenated alkanes) is 12. The molecule has 5 heteroatoms. The Morgan fingerprint density at radius 2 is 1.32 bits per heavy atom. The summed E-state index contributed by atoms with van der Waals surface area (Å²) < 4.78 is 10.6. The fourth-order valence-corrected chi connectivity index (χ4v) is 3.55. The maximum absolute atomic E-state index is 11.9. The third-order valence-corrected chi connectivity index (χ3v) is 5.54. The molecule has 0 radical (unpaired) electrons. The van der Waals surface area contributed by atoms with E-state index in [4.69, 9.17) is 9.47 Å². The van der Waals surface area contributed by atoms with Crippen LogP contribution in [0.25, 0.3) is 0 Å². The molecule has 0 saturated carbocycles. The van der Waals surface area contributed by atoms with Crippen LogP contribution in [0, 0.1) is 0 Å². The molecule has 0 bridgehead atoms. The van der Waals surface area contributed by atoms with Crippen molar-refractivity contribution in [2.24, 2.45) is 0 Å². The molecule has 0 aromatic heterocycles. The van der Waals surface area contributed by atoms with Gasteiger partial charge in [-0.15, -0.1) is 0 Å². The van der Waals surface area contributed by atoms with Crippen LogP contribution in [0.5, 0.6) is 11.5 Å². The number of nitrogens with one attached hydrogen (secondary N) is 1. The first kappa shape index (κ1) is 27.3. The minimum absolute atomic E-state index is 0.00608. The van der Waals surface area contributed by atoms with Gasteiger partial charge in [-0.05, 0) is 30.7 Å². The molecule has 0 unspecified atom stereocenters. The Hall–Kier alpha value is -1.75. The number of rotatable bonds is 20. The molecule has 5 nitrogen and oxygen atoms in total. The van der Waals surface area contributed by atoms with Crippen LogP contribution in [0.1, 0.15) is 96.8 Å². The molecule has 2 N–H and O–H groups in total. The van der Waals surface area contributed by atoms with Crippen LogP contribution in [0.15, 0.2) is 24.3 Å². The van der Waals surface area contributed by atoms with Crippen molar-refractivity contribution in [2.75, 3.05) is 20.3 Å². The van der Waals surface area contributed by atoms with Gasteiger partial charge in [-0.1, -0.05) is 84.0 Å². The van der Waals surface area contributed by atoms with E-state index in [9.17, 15) is 9.90 Å². The van der Waals surface area contributed by atoms with Crippen LogP contribution in [-0.2, 0) is 4.79 Å². The molecule has 0 aliphatic rings. The SMILES string of the molecule is CCCCCCCCCCCCCCCC(=O)NC[C@@H](O)COc1ccc(OC)cc1. The number of benzene rings is 1. The Balaban J connectivity index is 1.89. The second-order valence-electron chi connectivity index (χ2n) is 8.44. The number of ether oxygens (including phenoxy) is 2. The smallest absolute Gasteiger partial charge is 0.220 e. The van der Waals surface area contributed by atoms with Crippen LogP contribution >= 0.6 is 0 Å². The standard InChI is InChI=1S/C26H45NO4/c1-3-4-5-6-7-8-9-10-11-12-13-14-15-16-26(29)27-21-23(28)22-31-25-19-17-24(30-2)18-20-25/h17-20,23,28H,3-16,21-22H2,1-2H3,(H,27,29)/t23-/m1/s1. The molecule has 31 heavy (non-hydrogen) atoms. The summed E-state index contributed by atoms with van der Waals surface area (Å²) in [6.45, 7) is 2.62. The highest BCUT2D eigenvalue weighted by molar-refractivity contribution is 5.75. The molecule has 1 aromatic rings. The number of hydrogen-bond donors (Lipinski definition) is 2. The maximum atomic E-state index is 11.9. The topological polar surface area (TPSA) is 67.8 Å². The van der Waals surface area contributed by atoms with Gasteiger partial charge in [0, 0.05) is 13.0 Å². The van der Waals surface area contributed by atoms with Crippen LogP contribution in [-0.4, -0.2) is 37.4 Å². The Morgan fingerprint density at radius 1 is 0.839 bits per heavy atom. The number of carbonyl (C=O) groups is 1. The number of hydrogen-bond acceptors (Lipinski definition) is 4. The lowest BCUT2D eigenvalue weighted by Gasteiger charge is -2.13. The van der Waals surface area contributed by atoms with E-state index in [0.717, 1.165) is 18.6 Å². The van der Waals surface area contributed by atoms with Gasteiger partial charge in [0.15, 0.2) is 0 Å². The summed E-state index contributed by atoms with van der Waals surface area (Å²) in [6, 6.07) is 7.19. The molecule has 0 saturated heterocycles. The minimum Gasteiger partial charge on any atom is -0.497 e. The highest BCUT2D eigenvalue weighted by Gasteiger charge is 2.08. The highest BCUT2D eigenvalue weighted by Crippen LogP contribution is 2.17. The Kier molecular flexibility index (Phi) is 16.7. The van der Waals surface area contributed by atoms with Crippen molar-refractivity contribution in [1.82, 2.24) is 5.32 Å². The summed E-state index contributed by atoms with van der Waals surface area (Å²) >= 11 is 0. The highest BCUT2D eigenvalue weighted by atomic mass is 16.5. The average Bonchev–Trinajstić information content (AvgIpc) is 2.79. The van der Waals surface area contributed by atoms with Crippen LogP contribution < -0.4 is 14.8 Å². The third kappa shape index (κ3) is 15.7. The summed E-state index contributed by atoms with van der Waals surface area (Å²) in [7, 11) is 1.61. The van der Waals surface area contributed by atoms with Crippen molar-refractivity contribution in [3.8, 4) is 11.5 Å². The normalized spacial score (nSPS) is 11.8. The second kappa shape index (κ2) is 19.0. The lowest BCUT2D eigenvalue weighted by Crippen LogP contribution is -2.35. The maximum Gasteiger partial charge on any atom is 0.220 e. The predicted molar refractivity (Wildman–Crippen MR) is 128 cm³/mol. The largest absolute Gasteiger partial charge is 0.497 e. The van der Waals surface area contributed by atoms with Gasteiger partial charge >= 0.3 is 0 Å². The van der Waals surface area contributed by atoms with E-state index in [0.29, 0.717) is 12.2 Å². The molecule has 1 atom stereocenters. The fourth-order valence-electron chi connectivity index (χ4n) is 3.55. The molecule has 1 rings (SSSR count). The predicted octanol–water partition coefficient (Wildman–Crippen LogP) is 6.03. The number of methoxy groups -OCH3 is 1. The zero-order valence-corrected chi connectivity index (χ0v) is 19.9. The molecule has 0 fully saturated rings. The summed E-state index contributed by atoms with van der Waals surface area (Å²) in [6.07, 6.45) is 16.7. The zero-order chi connectivity index (χ0) is 22.6. The lowest BCUT2D eigenvalue weighted by atomic mass is 10.0. The third-order valence-electron chi connectivity index (χ3n) is 5.54. The molecular formula is C26H45NO4. The van der Waals surface area contributed by atoms with Gasteiger partial charge < -0.3 is 19.9 Å². The Morgan fingerprint density at radius 3 is 1.84 bits per heavy atom. The zero-order valence-electron chi connectivity index (χ0n) is 19.9. The van der Waals surface area contributed by atoms with Crippen molar-refractivity contribution >= 4 is 5.91 Å². The molecule has 0 aliphatic carbocycles. The van der Waals surface area contributed by atoms with Crippen molar-refractivity contribution in [3.05, 3.63) is 24.3 Å². The van der Waals surface area contributed by atoms with Gasteiger partial charge in [-0.2, -0.15) is 0 Å². The van der Waals surface area contributed by atoms with Crippen LogP contribution in [0.2, 0.25) is 0 Å². The number of amides is 1. The summed E-state index contributed by atoms with van der Waals surface area (Å²) in [5.74, 6) is 1.43. The molecule has 1 amide bonds. The Labute approximate surface area is 189 Å². The van der Waals surface area contributed by atoms with Crippen molar-refractivity contribution in [3.63, 3.8) is 0 Å². The monoisotopic (exact) mass is 435 g/mol. The Bertz CT molecular complexity index is 547. The van der Waals surface area contributed by atoms with E-state index in [1.165, 1.54) is 70.6 Å². The molecule has 0 heterocycles. The lowest BCUT2D eigenvalue weighted by molar-refractivity contribution is -0.121. The summed E-state index contributed by atoms with van der Waals surface area (Å²) in [5.41, 5.74) is 0. The molecule has 178 valence electrons. The van der Waals surface area contributed by atoms with E-state index >= 15 is 0 Å². The average molecular weight is 436 g/mol. The first-order chi connectivity index (χ1) is 15.2. The summed E-state index contributed by atoms with van der Waals surface area (Å²) in [5, 5.41) is 12.8. The van der Waals surface area contributed by atoms with E-state index in [-0.39, 0.29) is 19.1 Å². The fraction of sp³-hybridized carbons (Fsp3) is 0.731. The van der Waals surface area contributed by atoms with Gasteiger partial charge in [-0.3, -0.25) is 4.79 Å². The minimum atomic E-state index is -0.724. The van der Waals surface area contributed by atoms with Crippen molar-refractivity contribution in [1.29, 1.82) is 0 Å². The quantitative estimate of drug-likeness (QED) is 0.245. The molecule has 1 aromatic carbocycles. The van der Waals surface area contributed by atoms with E-state index in [1.807, 2.05) is 0 Å². The molecular weight excluding hydrogens is 390 g/mol. The first-order valence-corrected chi connectivity index (χ1v) is 12.4. The van der Waals surface area contributed by atoms with E-state index in [2.05, 4.69) is 12.2 Å². The van der Waals surface area contributed by atoms with Gasteiger partial charge in [0.05, 0.1) is 7.11 Å². The van der Waals surface area contributed by atoms with Gasteiger partial charge in [0.2, 0.25) is 5.91 Å². The van der Waals surface area contributed by atoms with E-state index < -0.39 is 6.10 Å². The van der Waals surface area contributed by atoms with Gasteiger partial charge in [-0.25, -0.2) is 0 Å². The summed E-state index contributed by atoms with van der Waals surface area (Å²) in [4.78, 5) is 11.9. The first-order valence-electron chi connectivity index (χ1n) is 12.4. The van der Waals surface area contributed by atoms with Crippen LogP contribution in [0.4, 0.5) is 0 Å². The van der Waals surface area contributed by atoms with Gasteiger partial charge in [0.25, 0.3) is 0 Å².